The first kappa shape index (κ1) is 16.3. The van der Waals surface area contributed by atoms with Crippen LogP contribution in [-0.2, 0) is 9.53 Å². The zero-order valence-corrected chi connectivity index (χ0v) is 13.1. The molecule has 1 amide bonds. The Labute approximate surface area is 133 Å². The summed E-state index contributed by atoms with van der Waals surface area (Å²) in [4.78, 5) is 15.9. The predicted molar refractivity (Wildman–Crippen MR) is 80.0 cm³/mol. The number of nitrogens with zero attached hydrogens (tertiary/aromatic N) is 1. The number of nitrogens with one attached hydrogen (secondary N) is 2. The lowest BCUT2D eigenvalue weighted by molar-refractivity contribution is -0.129. The van der Waals surface area contributed by atoms with E-state index >= 15 is 0 Å². The predicted octanol–water partition coefficient (Wildman–Crippen LogP) is 1.26. The second-order valence-corrected chi connectivity index (χ2v) is 5.43. The van der Waals surface area contributed by atoms with Gasteiger partial charge in [0.1, 0.15) is 17.7 Å². The van der Waals surface area contributed by atoms with E-state index in [0.29, 0.717) is 35.6 Å². The van der Waals surface area contributed by atoms with Crippen LogP contribution in [0.5, 0.6) is 5.88 Å². The monoisotopic (exact) mass is 333 g/mol. The Morgan fingerprint density at radius 3 is 3.14 bits per heavy atom. The van der Waals surface area contributed by atoms with E-state index in [2.05, 4.69) is 15.6 Å². The minimum absolute atomic E-state index is 0.110. The van der Waals surface area contributed by atoms with Crippen molar-refractivity contribution in [1.29, 1.82) is 0 Å². The van der Waals surface area contributed by atoms with Crippen molar-refractivity contribution in [3.63, 3.8) is 0 Å². The van der Waals surface area contributed by atoms with Crippen LogP contribution in [0.3, 0.4) is 0 Å². The van der Waals surface area contributed by atoms with Crippen molar-refractivity contribution in [2.45, 2.75) is 19.1 Å². The zero-order chi connectivity index (χ0) is 15.2. The first-order valence-corrected chi connectivity index (χ1v) is 7.40. The number of morpholine rings is 1. The molecular weight excluding hydrogens is 317 g/mol. The van der Waals surface area contributed by atoms with Crippen molar-refractivity contribution in [3.8, 4) is 5.88 Å². The van der Waals surface area contributed by atoms with E-state index < -0.39 is 0 Å². The maximum Gasteiger partial charge on any atom is 0.239 e. The number of ether oxygens (including phenoxy) is 2. The van der Waals surface area contributed by atoms with E-state index in [1.165, 1.54) is 6.20 Å². The molecule has 1 saturated heterocycles. The Hall–Kier alpha value is -1.08. The van der Waals surface area contributed by atoms with Gasteiger partial charge in [0.2, 0.25) is 11.8 Å². The number of hydrogen-bond donors (Lipinski definition) is 2. The average Bonchev–Trinajstić information content (AvgIpc) is 2.45. The minimum atomic E-state index is -0.337. The number of pyridine rings is 1. The van der Waals surface area contributed by atoms with Gasteiger partial charge in [0.05, 0.1) is 24.3 Å². The SMILES string of the molecule is C[C@H]1OCCN[C@@H]1C(=O)NCCOc1ncc(Cl)cc1Cl. The van der Waals surface area contributed by atoms with Gasteiger partial charge in [-0.1, -0.05) is 23.2 Å². The molecule has 0 aromatic carbocycles. The minimum Gasteiger partial charge on any atom is -0.475 e. The number of aromatic nitrogens is 1. The lowest BCUT2D eigenvalue weighted by Gasteiger charge is -2.29. The van der Waals surface area contributed by atoms with E-state index in [1.807, 2.05) is 6.92 Å². The smallest absolute Gasteiger partial charge is 0.239 e. The van der Waals surface area contributed by atoms with Crippen molar-refractivity contribution in [2.75, 3.05) is 26.3 Å². The fourth-order valence-electron chi connectivity index (χ4n) is 1.97. The molecule has 21 heavy (non-hydrogen) atoms. The topological polar surface area (TPSA) is 72.5 Å². The molecule has 0 unspecified atom stereocenters. The van der Waals surface area contributed by atoms with Crippen LogP contribution in [0.1, 0.15) is 6.92 Å². The molecule has 2 atom stereocenters. The lowest BCUT2D eigenvalue weighted by atomic mass is 10.1. The summed E-state index contributed by atoms with van der Waals surface area (Å²) in [6, 6.07) is 1.21. The molecule has 2 heterocycles. The molecule has 6 nitrogen and oxygen atoms in total. The van der Waals surface area contributed by atoms with Crippen LogP contribution in [0.25, 0.3) is 0 Å². The lowest BCUT2D eigenvalue weighted by Crippen LogP contribution is -2.55. The molecule has 0 bridgehead atoms. The second kappa shape index (κ2) is 7.79. The number of rotatable bonds is 5. The second-order valence-electron chi connectivity index (χ2n) is 4.59. The number of amides is 1. The van der Waals surface area contributed by atoms with Gasteiger partial charge in [-0.15, -0.1) is 0 Å². The Kier molecular flexibility index (Phi) is 6.05. The van der Waals surface area contributed by atoms with E-state index in [-0.39, 0.29) is 24.7 Å². The molecule has 1 fully saturated rings. The number of hydrogen-bond acceptors (Lipinski definition) is 5. The van der Waals surface area contributed by atoms with E-state index in [0.717, 1.165) is 0 Å². The van der Waals surface area contributed by atoms with Gasteiger partial charge in [-0.05, 0) is 13.0 Å². The van der Waals surface area contributed by atoms with Gasteiger partial charge in [-0.3, -0.25) is 4.79 Å². The molecule has 2 rings (SSSR count). The van der Waals surface area contributed by atoms with Gasteiger partial charge in [-0.25, -0.2) is 4.98 Å². The van der Waals surface area contributed by atoms with E-state index in [4.69, 9.17) is 32.7 Å². The van der Waals surface area contributed by atoms with Crippen LogP contribution in [-0.4, -0.2) is 49.3 Å². The average molecular weight is 334 g/mol. The largest absolute Gasteiger partial charge is 0.475 e. The summed E-state index contributed by atoms with van der Waals surface area (Å²) in [6.45, 7) is 3.77. The quantitative estimate of drug-likeness (QED) is 0.794. The van der Waals surface area contributed by atoms with Gasteiger partial charge >= 0.3 is 0 Å². The molecule has 2 N–H and O–H groups in total. The van der Waals surface area contributed by atoms with E-state index in [1.54, 1.807) is 6.07 Å². The van der Waals surface area contributed by atoms with Gasteiger partial charge in [0.15, 0.2) is 0 Å². The van der Waals surface area contributed by atoms with Crippen LogP contribution >= 0.6 is 23.2 Å². The maximum atomic E-state index is 12.0. The van der Waals surface area contributed by atoms with Crippen LogP contribution in [0.4, 0.5) is 0 Å². The van der Waals surface area contributed by atoms with Gasteiger partial charge in [-0.2, -0.15) is 0 Å². The standard InChI is InChI=1S/C13H17Cl2N3O3/c1-8-11(16-2-4-20-8)12(19)17-3-5-21-13-10(15)6-9(14)7-18-13/h6-8,11,16H,2-5H2,1H3,(H,17,19)/t8-,11+/m1/s1. The highest BCUT2D eigenvalue weighted by Gasteiger charge is 2.27. The third-order valence-corrected chi connectivity index (χ3v) is 3.49. The van der Waals surface area contributed by atoms with Crippen molar-refractivity contribution < 1.29 is 14.3 Å². The molecule has 0 saturated carbocycles. The highest BCUT2D eigenvalue weighted by atomic mass is 35.5. The Morgan fingerprint density at radius 2 is 2.43 bits per heavy atom. The molecule has 116 valence electrons. The normalized spacial score (nSPS) is 21.9. The molecular formula is C13H17Cl2N3O3. The highest BCUT2D eigenvalue weighted by Crippen LogP contribution is 2.24. The fraction of sp³-hybridized carbons (Fsp3) is 0.538. The first-order chi connectivity index (χ1) is 10.1. The fourth-order valence-corrected chi connectivity index (χ4v) is 2.40. The first-order valence-electron chi connectivity index (χ1n) is 6.64. The maximum absolute atomic E-state index is 12.0. The Bertz CT molecular complexity index is 502. The number of carbonyl (C=O) groups excluding carboxylic acids is 1. The summed E-state index contributed by atoms with van der Waals surface area (Å²) in [5.41, 5.74) is 0. The number of halogens is 2. The number of carbonyl (C=O) groups is 1. The Morgan fingerprint density at radius 1 is 1.62 bits per heavy atom. The van der Waals surface area contributed by atoms with Crippen LogP contribution in [0.2, 0.25) is 10.0 Å². The van der Waals surface area contributed by atoms with Crippen molar-refractivity contribution in [3.05, 3.63) is 22.3 Å². The summed E-state index contributed by atoms with van der Waals surface area (Å²) >= 11 is 11.7. The summed E-state index contributed by atoms with van der Waals surface area (Å²) < 4.78 is 10.8. The summed E-state index contributed by atoms with van der Waals surface area (Å²) in [7, 11) is 0. The van der Waals surface area contributed by atoms with E-state index in [9.17, 15) is 4.79 Å². The molecule has 1 aromatic heterocycles. The molecule has 1 aromatic rings. The van der Waals surface area contributed by atoms with Crippen molar-refractivity contribution >= 4 is 29.1 Å². The van der Waals surface area contributed by atoms with Gasteiger partial charge < -0.3 is 20.1 Å². The van der Waals surface area contributed by atoms with Crippen LogP contribution < -0.4 is 15.4 Å². The molecule has 1 aliphatic rings. The van der Waals surface area contributed by atoms with Crippen molar-refractivity contribution in [2.24, 2.45) is 0 Å². The Balaban J connectivity index is 1.73. The molecule has 0 aliphatic carbocycles. The molecule has 1 aliphatic heterocycles. The molecule has 0 spiro atoms. The van der Waals surface area contributed by atoms with Crippen LogP contribution in [0, 0.1) is 0 Å². The summed E-state index contributed by atoms with van der Waals surface area (Å²) in [6.07, 6.45) is 1.30. The third-order valence-electron chi connectivity index (χ3n) is 3.01. The van der Waals surface area contributed by atoms with Crippen molar-refractivity contribution in [1.82, 2.24) is 15.6 Å². The third kappa shape index (κ3) is 4.71. The van der Waals surface area contributed by atoms with Gasteiger partial charge in [0.25, 0.3) is 0 Å². The van der Waals surface area contributed by atoms with Gasteiger partial charge in [0, 0.05) is 12.7 Å². The highest BCUT2D eigenvalue weighted by molar-refractivity contribution is 6.35. The summed E-state index contributed by atoms with van der Waals surface area (Å²) in [5, 5.41) is 6.68. The summed E-state index contributed by atoms with van der Waals surface area (Å²) in [5.74, 6) is 0.184. The zero-order valence-electron chi connectivity index (χ0n) is 11.6. The van der Waals surface area contributed by atoms with Crippen LogP contribution in [0.15, 0.2) is 12.3 Å². The molecule has 8 heteroatoms. The molecule has 0 radical (unpaired) electrons.